The fourth-order valence-electron chi connectivity index (χ4n) is 2.01. The van der Waals surface area contributed by atoms with E-state index in [2.05, 4.69) is 15.3 Å². The molecule has 0 aliphatic carbocycles. The van der Waals surface area contributed by atoms with Crippen LogP contribution in [0.25, 0.3) is 0 Å². The molecular weight excluding hydrogens is 274 g/mol. The number of aromatic nitrogens is 2. The van der Waals surface area contributed by atoms with Crippen molar-refractivity contribution >= 4 is 11.8 Å². The summed E-state index contributed by atoms with van der Waals surface area (Å²) in [6.45, 7) is 2.29. The maximum absolute atomic E-state index is 11.8. The van der Waals surface area contributed by atoms with Crippen molar-refractivity contribution in [2.45, 2.75) is 19.4 Å². The number of amides is 2. The van der Waals surface area contributed by atoms with E-state index in [9.17, 15) is 9.59 Å². The zero-order valence-corrected chi connectivity index (χ0v) is 11.6. The molecule has 0 aromatic carbocycles. The number of rotatable bonds is 4. The largest absolute Gasteiger partial charge is 0.470 e. The molecule has 2 rings (SSSR count). The Kier molecular flexibility index (Phi) is 4.66. The van der Waals surface area contributed by atoms with Crippen molar-refractivity contribution in [2.24, 2.45) is 0 Å². The lowest BCUT2D eigenvalue weighted by Crippen LogP contribution is -2.39. The molecule has 21 heavy (non-hydrogen) atoms. The molecule has 1 N–H and O–H groups in total. The second kappa shape index (κ2) is 6.65. The average molecular weight is 289 g/mol. The van der Waals surface area contributed by atoms with Crippen LogP contribution in [0.2, 0.25) is 0 Å². The molecule has 0 radical (unpaired) electrons. The summed E-state index contributed by atoms with van der Waals surface area (Å²) < 4.78 is 5.63. The standard InChI is InChI=1S/C13H15N5O3/c1-9(19)17-7-12(20)18-5-2-10(8-18)21-13-11(6-14)15-3-4-16-13/h3-4,10H,2,5,7-8H2,1H3,(H,17,19). The number of hydrogen-bond acceptors (Lipinski definition) is 6. The number of nitriles is 1. The first kappa shape index (κ1) is 14.7. The summed E-state index contributed by atoms with van der Waals surface area (Å²) in [6, 6.07) is 1.91. The van der Waals surface area contributed by atoms with Gasteiger partial charge in [-0.25, -0.2) is 9.97 Å². The maximum Gasteiger partial charge on any atom is 0.251 e. The predicted octanol–water partition coefficient (Wildman–Crippen LogP) is -0.536. The van der Waals surface area contributed by atoms with Crippen molar-refractivity contribution in [3.63, 3.8) is 0 Å². The fraction of sp³-hybridized carbons (Fsp3) is 0.462. The van der Waals surface area contributed by atoms with Crippen LogP contribution in [-0.2, 0) is 9.59 Å². The van der Waals surface area contributed by atoms with Crippen LogP contribution in [-0.4, -0.2) is 52.4 Å². The molecule has 0 spiro atoms. The highest BCUT2D eigenvalue weighted by molar-refractivity contribution is 5.83. The molecule has 8 heteroatoms. The van der Waals surface area contributed by atoms with Gasteiger partial charge in [0.05, 0.1) is 13.1 Å². The quantitative estimate of drug-likeness (QED) is 0.797. The third-order valence-electron chi connectivity index (χ3n) is 3.04. The molecular formula is C13H15N5O3. The first-order valence-electron chi connectivity index (χ1n) is 6.50. The zero-order chi connectivity index (χ0) is 15.2. The van der Waals surface area contributed by atoms with Crippen molar-refractivity contribution in [2.75, 3.05) is 19.6 Å². The van der Waals surface area contributed by atoms with Gasteiger partial charge in [0.1, 0.15) is 12.2 Å². The van der Waals surface area contributed by atoms with E-state index >= 15 is 0 Å². The summed E-state index contributed by atoms with van der Waals surface area (Å²) in [5, 5.41) is 11.4. The molecule has 8 nitrogen and oxygen atoms in total. The lowest BCUT2D eigenvalue weighted by molar-refractivity contribution is -0.131. The van der Waals surface area contributed by atoms with Crippen molar-refractivity contribution < 1.29 is 14.3 Å². The summed E-state index contributed by atoms with van der Waals surface area (Å²) in [6.07, 6.45) is 3.29. The Hall–Kier alpha value is -2.69. The summed E-state index contributed by atoms with van der Waals surface area (Å²) in [4.78, 5) is 32.1. The Balaban J connectivity index is 1.89. The molecule has 2 amide bonds. The molecule has 0 bridgehead atoms. The first-order chi connectivity index (χ1) is 10.1. The highest BCUT2D eigenvalue weighted by Crippen LogP contribution is 2.18. The minimum atomic E-state index is -0.242. The van der Waals surface area contributed by atoms with Gasteiger partial charge in [0.15, 0.2) is 0 Å². The number of nitrogens with one attached hydrogen (secondary N) is 1. The fourth-order valence-corrected chi connectivity index (χ4v) is 2.01. The molecule has 1 saturated heterocycles. The van der Waals surface area contributed by atoms with Crippen molar-refractivity contribution in [1.82, 2.24) is 20.2 Å². The summed E-state index contributed by atoms with van der Waals surface area (Å²) in [5.41, 5.74) is 0.125. The number of hydrogen-bond donors (Lipinski definition) is 1. The summed E-state index contributed by atoms with van der Waals surface area (Å²) >= 11 is 0. The van der Waals surface area contributed by atoms with Crippen LogP contribution in [0.3, 0.4) is 0 Å². The van der Waals surface area contributed by atoms with Gasteiger partial charge < -0.3 is 15.0 Å². The van der Waals surface area contributed by atoms with Crippen LogP contribution in [0.15, 0.2) is 12.4 Å². The van der Waals surface area contributed by atoms with Crippen LogP contribution in [0.5, 0.6) is 5.88 Å². The van der Waals surface area contributed by atoms with Crippen LogP contribution in [0.1, 0.15) is 19.0 Å². The second-order valence-electron chi connectivity index (χ2n) is 4.60. The molecule has 1 aliphatic rings. The van der Waals surface area contributed by atoms with Gasteiger partial charge in [-0.05, 0) is 0 Å². The Bertz CT molecular complexity index is 583. The molecule has 1 atom stereocenters. The van der Waals surface area contributed by atoms with Gasteiger partial charge in [0.2, 0.25) is 17.5 Å². The number of nitrogens with zero attached hydrogens (tertiary/aromatic N) is 4. The Morgan fingerprint density at radius 1 is 1.52 bits per heavy atom. The van der Waals surface area contributed by atoms with E-state index in [-0.39, 0.29) is 36.0 Å². The van der Waals surface area contributed by atoms with Crippen molar-refractivity contribution in [3.8, 4) is 11.9 Å². The lowest BCUT2D eigenvalue weighted by Gasteiger charge is -2.17. The van der Waals surface area contributed by atoms with Gasteiger partial charge in [-0.1, -0.05) is 0 Å². The highest BCUT2D eigenvalue weighted by Gasteiger charge is 2.28. The van der Waals surface area contributed by atoms with Gasteiger partial charge in [-0.2, -0.15) is 5.26 Å². The third kappa shape index (κ3) is 3.89. The van der Waals surface area contributed by atoms with Gasteiger partial charge in [-0.3, -0.25) is 9.59 Å². The molecule has 1 aromatic heterocycles. The third-order valence-corrected chi connectivity index (χ3v) is 3.04. The van der Waals surface area contributed by atoms with Gasteiger partial charge >= 0.3 is 0 Å². The van der Waals surface area contributed by atoms with E-state index in [1.165, 1.54) is 19.3 Å². The van der Waals surface area contributed by atoms with E-state index in [0.29, 0.717) is 19.5 Å². The number of carbonyl (C=O) groups is 2. The predicted molar refractivity (Wildman–Crippen MR) is 71.0 cm³/mol. The van der Waals surface area contributed by atoms with Crippen molar-refractivity contribution in [1.29, 1.82) is 5.26 Å². The van der Waals surface area contributed by atoms with Gasteiger partial charge in [0, 0.05) is 32.3 Å². The second-order valence-corrected chi connectivity index (χ2v) is 4.60. The molecule has 110 valence electrons. The van der Waals surface area contributed by atoms with Gasteiger partial charge in [-0.15, -0.1) is 0 Å². The van der Waals surface area contributed by atoms with Crippen molar-refractivity contribution in [3.05, 3.63) is 18.1 Å². The molecule has 0 saturated carbocycles. The van der Waals surface area contributed by atoms with Crippen LogP contribution >= 0.6 is 0 Å². The topological polar surface area (TPSA) is 108 Å². The van der Waals surface area contributed by atoms with Gasteiger partial charge in [0.25, 0.3) is 5.88 Å². The Labute approximate surface area is 121 Å². The molecule has 1 fully saturated rings. The molecule has 1 aliphatic heterocycles. The lowest BCUT2D eigenvalue weighted by atomic mass is 10.3. The van der Waals surface area contributed by atoms with Crippen LogP contribution in [0, 0.1) is 11.3 Å². The Morgan fingerprint density at radius 3 is 3.00 bits per heavy atom. The van der Waals surface area contributed by atoms with Crippen LogP contribution < -0.4 is 10.1 Å². The molecule has 1 aromatic rings. The highest BCUT2D eigenvalue weighted by atomic mass is 16.5. The normalized spacial score (nSPS) is 17.1. The average Bonchev–Trinajstić information content (AvgIpc) is 2.94. The van der Waals surface area contributed by atoms with Crippen LogP contribution in [0.4, 0.5) is 0 Å². The minimum absolute atomic E-state index is 0.0172. The van der Waals surface area contributed by atoms with E-state index in [0.717, 1.165) is 0 Å². The van der Waals surface area contributed by atoms with E-state index < -0.39 is 0 Å². The smallest absolute Gasteiger partial charge is 0.251 e. The Morgan fingerprint density at radius 2 is 2.29 bits per heavy atom. The first-order valence-corrected chi connectivity index (χ1v) is 6.50. The summed E-state index contributed by atoms with van der Waals surface area (Å²) in [7, 11) is 0. The molecule has 2 heterocycles. The van der Waals surface area contributed by atoms with E-state index in [1.807, 2.05) is 6.07 Å². The van der Waals surface area contributed by atoms with E-state index in [4.69, 9.17) is 10.00 Å². The number of ether oxygens (including phenoxy) is 1. The van der Waals surface area contributed by atoms with E-state index in [1.54, 1.807) is 4.90 Å². The monoisotopic (exact) mass is 289 g/mol. The SMILES string of the molecule is CC(=O)NCC(=O)N1CCC(Oc2nccnc2C#N)C1. The minimum Gasteiger partial charge on any atom is -0.470 e. The summed E-state index contributed by atoms with van der Waals surface area (Å²) in [5.74, 6) is -0.217. The number of carbonyl (C=O) groups excluding carboxylic acids is 2. The molecule has 1 unspecified atom stereocenters. The maximum atomic E-state index is 11.8. The zero-order valence-electron chi connectivity index (χ0n) is 11.6. The number of likely N-dealkylation sites (tertiary alicyclic amines) is 1.